The molecule has 7 nitrogen and oxygen atoms in total. The molecular formula is C24H27BrN4O3. The van der Waals surface area contributed by atoms with Gasteiger partial charge >= 0.3 is 6.09 Å². The lowest BCUT2D eigenvalue weighted by molar-refractivity contribution is -0.124. The number of H-pyrrole nitrogens is 1. The summed E-state index contributed by atoms with van der Waals surface area (Å²) < 4.78 is 6.07. The number of rotatable bonds is 6. The molecule has 1 amide bonds. The van der Waals surface area contributed by atoms with Crippen molar-refractivity contribution in [2.24, 2.45) is 5.92 Å². The molecule has 0 aliphatic carbocycles. The second kappa shape index (κ2) is 9.42. The summed E-state index contributed by atoms with van der Waals surface area (Å²) in [6.45, 7) is 4.49. The van der Waals surface area contributed by atoms with Crippen molar-refractivity contribution in [2.45, 2.75) is 38.8 Å². The Morgan fingerprint density at radius 2 is 2.03 bits per heavy atom. The van der Waals surface area contributed by atoms with Gasteiger partial charge in [-0.2, -0.15) is 0 Å². The second-order valence-corrected chi connectivity index (χ2v) is 9.31. The molecule has 2 aromatic carbocycles. The van der Waals surface area contributed by atoms with Crippen LogP contribution in [0.1, 0.15) is 38.6 Å². The maximum atomic E-state index is 12.6. The largest absolute Gasteiger partial charge is 0.452 e. The number of aromatic nitrogens is 2. The summed E-state index contributed by atoms with van der Waals surface area (Å²) in [7, 11) is 1.34. The molecule has 1 saturated heterocycles. The first-order valence-corrected chi connectivity index (χ1v) is 11.6. The van der Waals surface area contributed by atoms with Crippen molar-refractivity contribution in [3.05, 3.63) is 52.9 Å². The van der Waals surface area contributed by atoms with E-state index in [4.69, 9.17) is 4.74 Å². The summed E-state index contributed by atoms with van der Waals surface area (Å²) in [6.07, 6.45) is 3.83. The molecule has 0 unspecified atom stereocenters. The van der Waals surface area contributed by atoms with Crippen LogP contribution in [0, 0.1) is 5.92 Å². The van der Waals surface area contributed by atoms with Gasteiger partial charge in [0, 0.05) is 16.6 Å². The van der Waals surface area contributed by atoms with E-state index >= 15 is 0 Å². The molecular weight excluding hydrogens is 472 g/mol. The minimum Gasteiger partial charge on any atom is -0.452 e. The van der Waals surface area contributed by atoms with Gasteiger partial charge in [0.15, 0.2) is 0 Å². The van der Waals surface area contributed by atoms with Crippen LogP contribution in [-0.2, 0) is 9.53 Å². The van der Waals surface area contributed by atoms with Gasteiger partial charge in [0.25, 0.3) is 0 Å². The molecule has 1 N–H and O–H groups in total. The molecule has 0 radical (unpaired) electrons. The molecule has 8 heteroatoms. The monoisotopic (exact) mass is 498 g/mol. The highest BCUT2D eigenvalue weighted by atomic mass is 79.9. The normalized spacial score (nSPS) is 17.6. The topological polar surface area (TPSA) is 78.5 Å². The van der Waals surface area contributed by atoms with Crippen molar-refractivity contribution in [2.75, 3.05) is 13.7 Å². The molecule has 32 heavy (non-hydrogen) atoms. The number of benzene rings is 2. The van der Waals surface area contributed by atoms with E-state index in [0.717, 1.165) is 51.5 Å². The van der Waals surface area contributed by atoms with Gasteiger partial charge in [0.2, 0.25) is 0 Å². The fourth-order valence-corrected chi connectivity index (χ4v) is 4.69. The van der Waals surface area contributed by atoms with E-state index < -0.39 is 12.1 Å². The molecule has 168 valence electrons. The van der Waals surface area contributed by atoms with Crippen LogP contribution in [0.3, 0.4) is 0 Å². The number of hydrogen-bond donors (Lipinski definition) is 1. The van der Waals surface area contributed by atoms with Crippen LogP contribution in [0.2, 0.25) is 0 Å². The van der Waals surface area contributed by atoms with Gasteiger partial charge in [0.1, 0.15) is 18.2 Å². The van der Waals surface area contributed by atoms with Gasteiger partial charge in [-0.25, -0.2) is 19.8 Å². The summed E-state index contributed by atoms with van der Waals surface area (Å²) in [5, 5.41) is 5.69. The smallest absolute Gasteiger partial charge is 0.424 e. The van der Waals surface area contributed by atoms with Crippen molar-refractivity contribution in [1.82, 2.24) is 20.0 Å². The van der Waals surface area contributed by atoms with E-state index in [1.807, 2.05) is 31.1 Å². The number of ether oxygens (including phenoxy) is 1. The number of carbonyl (C=O) groups is 2. The van der Waals surface area contributed by atoms with E-state index in [9.17, 15) is 9.59 Å². The fraction of sp³-hybridized carbons (Fsp3) is 0.375. The summed E-state index contributed by atoms with van der Waals surface area (Å²) in [4.78, 5) is 32.5. The van der Waals surface area contributed by atoms with Gasteiger partial charge in [-0.05, 0) is 47.7 Å². The lowest BCUT2D eigenvalue weighted by Crippen LogP contribution is -2.54. The van der Waals surface area contributed by atoms with E-state index in [0.29, 0.717) is 6.54 Å². The number of methoxy groups -OCH3 is 1. The van der Waals surface area contributed by atoms with Crippen molar-refractivity contribution in [3.63, 3.8) is 0 Å². The molecule has 0 bridgehead atoms. The average molecular weight is 499 g/mol. The Labute approximate surface area is 195 Å². The predicted octanol–water partition coefficient (Wildman–Crippen LogP) is 5.34. The quantitative estimate of drug-likeness (QED) is 0.464. The van der Waals surface area contributed by atoms with Crippen LogP contribution in [0.15, 0.2) is 47.1 Å². The van der Waals surface area contributed by atoms with Crippen LogP contribution in [0.5, 0.6) is 0 Å². The van der Waals surface area contributed by atoms with Crippen LogP contribution in [0.4, 0.5) is 4.79 Å². The Bertz CT molecular complexity index is 1130. The van der Waals surface area contributed by atoms with Crippen LogP contribution in [0.25, 0.3) is 22.0 Å². The SMILES string of the molecule is COC(=O)N([C@H](C=O)C(C)C)N1CCC[C@H]1c1ncc(-c2ccc3cc(Br)ccc3c2)[nH]1. The molecule has 1 aliphatic rings. The number of carbonyl (C=O) groups excluding carboxylic acids is 2. The highest BCUT2D eigenvalue weighted by Crippen LogP contribution is 2.35. The first-order chi connectivity index (χ1) is 15.4. The Morgan fingerprint density at radius 1 is 1.28 bits per heavy atom. The van der Waals surface area contributed by atoms with Crippen molar-refractivity contribution < 1.29 is 14.3 Å². The Morgan fingerprint density at radius 3 is 2.75 bits per heavy atom. The third kappa shape index (κ3) is 4.29. The number of nitrogens with zero attached hydrogens (tertiary/aromatic N) is 3. The molecule has 0 spiro atoms. The number of hydrogen-bond acceptors (Lipinski definition) is 5. The van der Waals surface area contributed by atoms with Gasteiger partial charge in [0.05, 0.1) is 25.0 Å². The number of hydrazine groups is 1. The van der Waals surface area contributed by atoms with Gasteiger partial charge in [-0.3, -0.25) is 0 Å². The van der Waals surface area contributed by atoms with Crippen LogP contribution >= 0.6 is 15.9 Å². The van der Waals surface area contributed by atoms with Gasteiger partial charge in [-0.1, -0.05) is 48.0 Å². The second-order valence-electron chi connectivity index (χ2n) is 8.39. The minimum atomic E-state index is -0.600. The highest BCUT2D eigenvalue weighted by molar-refractivity contribution is 9.10. The maximum Gasteiger partial charge on any atom is 0.424 e. The first-order valence-electron chi connectivity index (χ1n) is 10.8. The van der Waals surface area contributed by atoms with Crippen LogP contribution in [-0.4, -0.2) is 52.1 Å². The maximum absolute atomic E-state index is 12.6. The molecule has 0 saturated carbocycles. The number of aldehydes is 1. The average Bonchev–Trinajstić information content (AvgIpc) is 3.45. The number of imidazole rings is 1. The number of fused-ring (bicyclic) bond motifs is 1. The van der Waals surface area contributed by atoms with Crippen molar-refractivity contribution in [3.8, 4) is 11.3 Å². The highest BCUT2D eigenvalue weighted by Gasteiger charge is 2.40. The number of nitrogens with one attached hydrogen (secondary N) is 1. The summed E-state index contributed by atoms with van der Waals surface area (Å²) in [6, 6.07) is 11.8. The summed E-state index contributed by atoms with van der Waals surface area (Å²) in [5.74, 6) is 0.730. The number of amides is 1. The van der Waals surface area contributed by atoms with Gasteiger partial charge in [-0.15, -0.1) is 0 Å². The van der Waals surface area contributed by atoms with E-state index in [2.05, 4.69) is 56.2 Å². The number of aromatic amines is 1. The van der Waals surface area contributed by atoms with Crippen molar-refractivity contribution in [1.29, 1.82) is 0 Å². The zero-order valence-corrected chi connectivity index (χ0v) is 20.0. The molecule has 4 rings (SSSR count). The zero-order chi connectivity index (χ0) is 22.8. The van der Waals surface area contributed by atoms with E-state index in [-0.39, 0.29) is 12.0 Å². The Kier molecular flexibility index (Phi) is 6.62. The molecule has 2 atom stereocenters. The van der Waals surface area contributed by atoms with E-state index in [1.165, 1.54) is 12.1 Å². The van der Waals surface area contributed by atoms with E-state index in [1.54, 1.807) is 0 Å². The predicted molar refractivity (Wildman–Crippen MR) is 127 cm³/mol. The third-order valence-electron chi connectivity index (χ3n) is 5.99. The summed E-state index contributed by atoms with van der Waals surface area (Å²) in [5.41, 5.74) is 1.96. The van der Waals surface area contributed by atoms with Crippen molar-refractivity contribution >= 4 is 39.1 Å². The molecule has 2 heterocycles. The lowest BCUT2D eigenvalue weighted by atomic mass is 10.1. The fourth-order valence-electron chi connectivity index (χ4n) is 4.31. The third-order valence-corrected chi connectivity index (χ3v) is 6.49. The lowest BCUT2D eigenvalue weighted by Gasteiger charge is -2.39. The molecule has 1 fully saturated rings. The molecule has 3 aromatic rings. The Balaban J connectivity index is 1.64. The molecule has 1 aromatic heterocycles. The zero-order valence-electron chi connectivity index (χ0n) is 18.4. The van der Waals surface area contributed by atoms with Gasteiger partial charge < -0.3 is 14.5 Å². The Hall–Kier alpha value is -2.71. The first kappa shape index (κ1) is 22.5. The number of halogens is 1. The summed E-state index contributed by atoms with van der Waals surface area (Å²) >= 11 is 3.51. The minimum absolute atomic E-state index is 0.0438. The standard InChI is InChI=1S/C24H27BrN4O3/c1-15(2)22(14-30)29(24(31)32-3)28-10-4-5-21(28)23-26-13-20(27-23)18-7-6-17-12-19(25)9-8-16(17)11-18/h6-9,11-15,21-22H,4-5,10H2,1-3H3,(H,26,27)/t21-,22+/m0/s1. The molecule has 1 aliphatic heterocycles. The van der Waals surface area contributed by atoms with Crippen LogP contribution < -0.4 is 0 Å².